The molecule has 0 aromatic carbocycles. The molecule has 1 saturated heterocycles. The average Bonchev–Trinajstić information content (AvgIpc) is 2.46. The van der Waals surface area contributed by atoms with Gasteiger partial charge in [0, 0.05) is 43.5 Å². The van der Waals surface area contributed by atoms with Crippen molar-refractivity contribution in [2.24, 2.45) is 5.92 Å². The van der Waals surface area contributed by atoms with Crippen molar-refractivity contribution >= 4 is 0 Å². The van der Waals surface area contributed by atoms with Crippen molar-refractivity contribution in [3.05, 3.63) is 23.5 Å². The first-order valence-corrected chi connectivity index (χ1v) is 8.09. The molecule has 0 spiro atoms. The van der Waals surface area contributed by atoms with Crippen molar-refractivity contribution < 1.29 is 4.74 Å². The molecular weight excluding hydrogens is 262 g/mol. The van der Waals surface area contributed by atoms with Gasteiger partial charge in [0.15, 0.2) is 0 Å². The number of nitrogens with one attached hydrogen (secondary N) is 1. The van der Waals surface area contributed by atoms with Crippen LogP contribution in [0.3, 0.4) is 0 Å². The van der Waals surface area contributed by atoms with Gasteiger partial charge in [-0.3, -0.25) is 9.88 Å². The van der Waals surface area contributed by atoms with Crippen LogP contribution >= 0.6 is 0 Å². The van der Waals surface area contributed by atoms with Gasteiger partial charge >= 0.3 is 0 Å². The summed E-state index contributed by atoms with van der Waals surface area (Å²) in [5.74, 6) is 1.60. The zero-order chi connectivity index (χ0) is 15.2. The molecule has 21 heavy (non-hydrogen) atoms. The number of methoxy groups -OCH3 is 1. The normalized spacial score (nSPS) is 23.2. The van der Waals surface area contributed by atoms with E-state index in [1.54, 1.807) is 7.11 Å². The largest absolute Gasteiger partial charge is 0.497 e. The van der Waals surface area contributed by atoms with Crippen LogP contribution in [-0.2, 0) is 6.54 Å². The van der Waals surface area contributed by atoms with Gasteiger partial charge in [-0.05, 0) is 32.2 Å². The van der Waals surface area contributed by atoms with Crippen LogP contribution in [0.2, 0.25) is 0 Å². The highest BCUT2D eigenvalue weighted by Gasteiger charge is 2.25. The molecule has 0 saturated carbocycles. The van der Waals surface area contributed by atoms with Crippen LogP contribution < -0.4 is 10.1 Å². The highest BCUT2D eigenvalue weighted by molar-refractivity contribution is 5.26. The molecule has 0 aliphatic carbocycles. The summed E-state index contributed by atoms with van der Waals surface area (Å²) in [6.07, 6.45) is 2.43. The monoisotopic (exact) mass is 291 g/mol. The van der Waals surface area contributed by atoms with E-state index >= 15 is 0 Å². The number of likely N-dealkylation sites (tertiary alicyclic amines) is 1. The Bertz CT molecular complexity index is 450. The Morgan fingerprint density at radius 2 is 2.24 bits per heavy atom. The van der Waals surface area contributed by atoms with Crippen LogP contribution in [0.4, 0.5) is 0 Å². The fourth-order valence-electron chi connectivity index (χ4n) is 3.14. The lowest BCUT2D eigenvalue weighted by molar-refractivity contribution is 0.139. The van der Waals surface area contributed by atoms with E-state index in [1.807, 2.05) is 13.0 Å². The van der Waals surface area contributed by atoms with E-state index in [0.717, 1.165) is 43.3 Å². The number of rotatable bonds is 6. The Balaban J connectivity index is 1.91. The summed E-state index contributed by atoms with van der Waals surface area (Å²) in [6.45, 7) is 10.9. The number of hydrogen-bond acceptors (Lipinski definition) is 4. The van der Waals surface area contributed by atoms with Gasteiger partial charge in [0.05, 0.1) is 12.8 Å². The average molecular weight is 291 g/mol. The molecule has 4 nitrogen and oxygen atoms in total. The molecule has 0 radical (unpaired) electrons. The van der Waals surface area contributed by atoms with E-state index in [4.69, 9.17) is 4.74 Å². The lowest BCUT2D eigenvalue weighted by Crippen LogP contribution is -2.48. The Morgan fingerprint density at radius 1 is 1.43 bits per heavy atom. The number of piperidine rings is 1. The van der Waals surface area contributed by atoms with Crippen molar-refractivity contribution in [3.63, 3.8) is 0 Å². The molecule has 1 aromatic rings. The standard InChI is InChI=1S/C17H29N3O/c1-5-7-18-17-6-8-20(11-13(17)2)12-15-10-16(21-4)9-14(3)19-15/h9-10,13,17-18H,5-8,11-12H2,1-4H3. The third kappa shape index (κ3) is 4.68. The molecule has 0 bridgehead atoms. The molecule has 0 amide bonds. The summed E-state index contributed by atoms with van der Waals surface area (Å²) in [5.41, 5.74) is 2.14. The van der Waals surface area contributed by atoms with E-state index in [-0.39, 0.29) is 0 Å². The predicted molar refractivity (Wildman–Crippen MR) is 86.7 cm³/mol. The number of nitrogens with zero attached hydrogens (tertiary/aromatic N) is 2. The second-order valence-electron chi connectivity index (χ2n) is 6.20. The van der Waals surface area contributed by atoms with E-state index < -0.39 is 0 Å². The Morgan fingerprint density at radius 3 is 2.90 bits per heavy atom. The summed E-state index contributed by atoms with van der Waals surface area (Å²) in [4.78, 5) is 7.14. The van der Waals surface area contributed by atoms with Gasteiger partial charge in [-0.15, -0.1) is 0 Å². The van der Waals surface area contributed by atoms with Gasteiger partial charge in [0.25, 0.3) is 0 Å². The summed E-state index contributed by atoms with van der Waals surface area (Å²) in [7, 11) is 1.71. The molecule has 2 heterocycles. The second-order valence-corrected chi connectivity index (χ2v) is 6.20. The summed E-state index contributed by atoms with van der Waals surface area (Å²) in [5, 5.41) is 3.67. The molecule has 1 aromatic heterocycles. The number of ether oxygens (including phenoxy) is 1. The molecular formula is C17H29N3O. The zero-order valence-corrected chi connectivity index (χ0v) is 13.9. The van der Waals surface area contributed by atoms with E-state index in [1.165, 1.54) is 12.8 Å². The Hall–Kier alpha value is -1.13. The zero-order valence-electron chi connectivity index (χ0n) is 13.9. The van der Waals surface area contributed by atoms with Crippen LogP contribution in [0, 0.1) is 12.8 Å². The van der Waals surface area contributed by atoms with Gasteiger partial charge in [-0.1, -0.05) is 13.8 Å². The van der Waals surface area contributed by atoms with Crippen LogP contribution in [-0.4, -0.2) is 42.7 Å². The van der Waals surface area contributed by atoms with Crippen molar-refractivity contribution in [3.8, 4) is 5.75 Å². The number of aryl methyl sites for hydroxylation is 1. The van der Waals surface area contributed by atoms with Crippen LogP contribution in [0.1, 0.15) is 38.1 Å². The first-order chi connectivity index (χ1) is 10.1. The number of pyridine rings is 1. The van der Waals surface area contributed by atoms with Crippen LogP contribution in [0.25, 0.3) is 0 Å². The second kappa shape index (κ2) is 7.76. The lowest BCUT2D eigenvalue weighted by Gasteiger charge is -2.37. The summed E-state index contributed by atoms with van der Waals surface area (Å²) < 4.78 is 5.34. The molecule has 2 unspecified atom stereocenters. The molecule has 1 aliphatic rings. The number of aromatic nitrogens is 1. The first kappa shape index (κ1) is 16.2. The number of hydrogen-bond donors (Lipinski definition) is 1. The topological polar surface area (TPSA) is 37.4 Å². The molecule has 1 N–H and O–H groups in total. The quantitative estimate of drug-likeness (QED) is 0.874. The fourth-order valence-corrected chi connectivity index (χ4v) is 3.14. The predicted octanol–water partition coefficient (Wildman–Crippen LogP) is 2.61. The van der Waals surface area contributed by atoms with E-state index in [9.17, 15) is 0 Å². The van der Waals surface area contributed by atoms with Gasteiger partial charge in [0.2, 0.25) is 0 Å². The Kier molecular flexibility index (Phi) is 6.00. The summed E-state index contributed by atoms with van der Waals surface area (Å²) in [6, 6.07) is 4.70. The highest BCUT2D eigenvalue weighted by atomic mass is 16.5. The van der Waals surface area contributed by atoms with Crippen LogP contribution in [0.5, 0.6) is 5.75 Å². The molecule has 1 aliphatic heterocycles. The molecule has 2 atom stereocenters. The third-order valence-electron chi connectivity index (χ3n) is 4.25. The highest BCUT2D eigenvalue weighted by Crippen LogP contribution is 2.20. The van der Waals surface area contributed by atoms with Gasteiger partial charge < -0.3 is 10.1 Å². The van der Waals surface area contributed by atoms with Gasteiger partial charge in [-0.2, -0.15) is 0 Å². The van der Waals surface area contributed by atoms with E-state index in [0.29, 0.717) is 12.0 Å². The van der Waals surface area contributed by atoms with Crippen molar-refractivity contribution in [1.82, 2.24) is 15.2 Å². The van der Waals surface area contributed by atoms with Crippen LogP contribution in [0.15, 0.2) is 12.1 Å². The maximum absolute atomic E-state index is 5.34. The minimum atomic E-state index is 0.668. The van der Waals surface area contributed by atoms with Gasteiger partial charge in [-0.25, -0.2) is 0 Å². The minimum absolute atomic E-state index is 0.668. The van der Waals surface area contributed by atoms with Crippen molar-refractivity contribution in [2.45, 2.75) is 46.2 Å². The molecule has 2 rings (SSSR count). The smallest absolute Gasteiger partial charge is 0.122 e. The van der Waals surface area contributed by atoms with Gasteiger partial charge in [0.1, 0.15) is 5.75 Å². The molecule has 4 heteroatoms. The SMILES string of the molecule is CCCNC1CCN(Cc2cc(OC)cc(C)n2)CC1C. The van der Waals surface area contributed by atoms with Crippen molar-refractivity contribution in [2.75, 3.05) is 26.7 Å². The maximum atomic E-state index is 5.34. The van der Waals surface area contributed by atoms with Crippen molar-refractivity contribution in [1.29, 1.82) is 0 Å². The summed E-state index contributed by atoms with van der Waals surface area (Å²) >= 11 is 0. The molecule has 118 valence electrons. The fraction of sp³-hybridized carbons (Fsp3) is 0.706. The maximum Gasteiger partial charge on any atom is 0.122 e. The molecule has 1 fully saturated rings. The van der Waals surface area contributed by atoms with E-state index in [2.05, 4.69) is 35.1 Å². The lowest BCUT2D eigenvalue weighted by atomic mass is 9.93. The Labute approximate surface area is 128 Å². The minimum Gasteiger partial charge on any atom is -0.497 e. The first-order valence-electron chi connectivity index (χ1n) is 8.09. The third-order valence-corrected chi connectivity index (χ3v) is 4.25.